The maximum absolute atomic E-state index is 13.5. The summed E-state index contributed by atoms with van der Waals surface area (Å²) in [5.74, 6) is 5.23. The minimum absolute atomic E-state index is 0.000686. The van der Waals surface area contributed by atoms with E-state index in [1.807, 2.05) is 24.3 Å². The first-order valence-corrected chi connectivity index (χ1v) is 14.2. The third kappa shape index (κ3) is 6.87. The zero-order valence-electron chi connectivity index (χ0n) is 20.0. The molecular formula is C27H32BrNO5S. The number of unbranched alkanes of at least 4 members (excludes halogenated alkanes) is 3. The second kappa shape index (κ2) is 12.6. The molecule has 8 heteroatoms. The zero-order chi connectivity index (χ0) is 25.3. The highest BCUT2D eigenvalue weighted by Gasteiger charge is 2.53. The number of carboxylic acids is 1. The third-order valence-electron chi connectivity index (χ3n) is 6.36. The molecule has 0 aromatic heterocycles. The lowest BCUT2D eigenvalue weighted by molar-refractivity contribution is -0.141. The van der Waals surface area contributed by atoms with Crippen molar-refractivity contribution in [3.63, 3.8) is 0 Å². The SMILES string of the molecule is CCCCCC#CCOc1ccc(S(=O)(=O)C2(C(=O)O)CCN(Cc3ccc(Br)cc3)CC2)cc1. The molecule has 0 bridgehead atoms. The van der Waals surface area contributed by atoms with Gasteiger partial charge in [-0.2, -0.15) is 0 Å². The van der Waals surface area contributed by atoms with Crippen molar-refractivity contribution in [3.05, 3.63) is 58.6 Å². The molecule has 0 amide bonds. The summed E-state index contributed by atoms with van der Waals surface area (Å²) < 4.78 is 31.7. The summed E-state index contributed by atoms with van der Waals surface area (Å²) in [6.07, 6.45) is 4.29. The number of carboxylic acid groups (broad SMARTS) is 1. The summed E-state index contributed by atoms with van der Waals surface area (Å²) >= 11 is 3.42. The smallest absolute Gasteiger partial charge is 0.325 e. The minimum Gasteiger partial charge on any atom is -0.481 e. The summed E-state index contributed by atoms with van der Waals surface area (Å²) in [5.41, 5.74) is 1.10. The van der Waals surface area contributed by atoms with Gasteiger partial charge in [0, 0.05) is 30.5 Å². The van der Waals surface area contributed by atoms with E-state index in [2.05, 4.69) is 39.6 Å². The van der Waals surface area contributed by atoms with Crippen LogP contribution < -0.4 is 4.74 Å². The minimum atomic E-state index is -4.10. The van der Waals surface area contributed by atoms with Gasteiger partial charge in [-0.05, 0) is 61.2 Å². The van der Waals surface area contributed by atoms with Crippen LogP contribution in [-0.2, 0) is 21.2 Å². The molecule has 188 valence electrons. The highest BCUT2D eigenvalue weighted by atomic mass is 79.9. The van der Waals surface area contributed by atoms with Crippen LogP contribution in [0.15, 0.2) is 57.9 Å². The van der Waals surface area contributed by atoms with Gasteiger partial charge in [0.25, 0.3) is 0 Å². The van der Waals surface area contributed by atoms with E-state index in [-0.39, 0.29) is 24.3 Å². The number of benzene rings is 2. The van der Waals surface area contributed by atoms with E-state index >= 15 is 0 Å². The molecule has 0 spiro atoms. The highest BCUT2D eigenvalue weighted by molar-refractivity contribution is 9.10. The Morgan fingerprint density at radius 1 is 1.06 bits per heavy atom. The predicted molar refractivity (Wildman–Crippen MR) is 140 cm³/mol. The Morgan fingerprint density at radius 2 is 1.71 bits per heavy atom. The molecule has 1 heterocycles. The van der Waals surface area contributed by atoms with Crippen LogP contribution in [0, 0.1) is 11.8 Å². The second-order valence-corrected chi connectivity index (χ2v) is 12.0. The first-order valence-electron chi connectivity index (χ1n) is 11.9. The average molecular weight is 563 g/mol. The number of hydrogen-bond donors (Lipinski definition) is 1. The average Bonchev–Trinajstić information content (AvgIpc) is 2.85. The topological polar surface area (TPSA) is 83.9 Å². The molecule has 0 saturated carbocycles. The molecular weight excluding hydrogens is 530 g/mol. The van der Waals surface area contributed by atoms with Gasteiger partial charge < -0.3 is 9.84 Å². The van der Waals surface area contributed by atoms with E-state index in [1.165, 1.54) is 12.1 Å². The number of hydrogen-bond acceptors (Lipinski definition) is 5. The largest absolute Gasteiger partial charge is 0.481 e. The van der Waals surface area contributed by atoms with Gasteiger partial charge in [-0.15, -0.1) is 0 Å². The molecule has 1 aliphatic rings. The molecule has 0 unspecified atom stereocenters. The van der Waals surface area contributed by atoms with E-state index in [0.717, 1.165) is 35.7 Å². The lowest BCUT2D eigenvalue weighted by Crippen LogP contribution is -2.54. The fraction of sp³-hybridized carbons (Fsp3) is 0.444. The number of carbonyl (C=O) groups is 1. The molecule has 0 atom stereocenters. The highest BCUT2D eigenvalue weighted by Crippen LogP contribution is 2.37. The number of halogens is 1. The van der Waals surface area contributed by atoms with E-state index in [4.69, 9.17) is 4.74 Å². The van der Waals surface area contributed by atoms with Gasteiger partial charge in [-0.1, -0.05) is 59.7 Å². The quantitative estimate of drug-likeness (QED) is 0.313. The standard InChI is InChI=1S/C27H32BrNO5S/c1-2-3-4-5-6-7-20-34-24-12-14-25(15-13-24)35(32,33)27(26(30)31)16-18-29(19-17-27)21-22-8-10-23(28)11-9-22/h8-15H,2-5,16-21H2,1H3,(H,30,31). The lowest BCUT2D eigenvalue weighted by Gasteiger charge is -2.38. The monoisotopic (exact) mass is 561 g/mol. The molecule has 0 aliphatic carbocycles. The lowest BCUT2D eigenvalue weighted by atomic mass is 9.95. The van der Waals surface area contributed by atoms with Crippen molar-refractivity contribution in [3.8, 4) is 17.6 Å². The number of likely N-dealkylation sites (tertiary alicyclic amines) is 1. The molecule has 2 aromatic rings. The Hall–Kier alpha value is -2.34. The van der Waals surface area contributed by atoms with E-state index in [9.17, 15) is 18.3 Å². The Labute approximate surface area is 216 Å². The fourth-order valence-corrected chi connectivity index (χ4v) is 6.34. The number of piperidine rings is 1. The molecule has 1 saturated heterocycles. The van der Waals surface area contributed by atoms with Crippen LogP contribution in [0.2, 0.25) is 0 Å². The summed E-state index contributed by atoms with van der Waals surface area (Å²) in [7, 11) is -4.10. The van der Waals surface area contributed by atoms with E-state index in [1.54, 1.807) is 12.1 Å². The summed E-state index contributed by atoms with van der Waals surface area (Å²) in [4.78, 5) is 14.4. The van der Waals surface area contributed by atoms with Gasteiger partial charge in [-0.3, -0.25) is 9.69 Å². The van der Waals surface area contributed by atoms with Crippen LogP contribution in [-0.4, -0.2) is 48.8 Å². The van der Waals surface area contributed by atoms with Crippen LogP contribution in [0.1, 0.15) is 51.0 Å². The molecule has 6 nitrogen and oxygen atoms in total. The van der Waals surface area contributed by atoms with Crippen LogP contribution in [0.25, 0.3) is 0 Å². The number of sulfone groups is 1. The second-order valence-electron chi connectivity index (χ2n) is 8.78. The Kier molecular flexibility index (Phi) is 9.79. The predicted octanol–water partition coefficient (Wildman–Crippen LogP) is 5.30. The summed E-state index contributed by atoms with van der Waals surface area (Å²) in [5, 5.41) is 10.0. The fourth-order valence-electron chi connectivity index (χ4n) is 4.18. The van der Waals surface area contributed by atoms with Crippen molar-refractivity contribution in [2.75, 3.05) is 19.7 Å². The number of nitrogens with zero attached hydrogens (tertiary/aromatic N) is 1. The van der Waals surface area contributed by atoms with Crippen molar-refractivity contribution < 1.29 is 23.1 Å². The van der Waals surface area contributed by atoms with Gasteiger partial charge in [0.15, 0.2) is 14.6 Å². The first kappa shape index (κ1) is 27.3. The first-order chi connectivity index (χ1) is 16.8. The van der Waals surface area contributed by atoms with E-state index in [0.29, 0.717) is 25.4 Å². The third-order valence-corrected chi connectivity index (χ3v) is 9.40. The normalized spacial score (nSPS) is 15.7. The molecule has 0 radical (unpaired) electrons. The summed E-state index contributed by atoms with van der Waals surface area (Å²) in [6, 6.07) is 13.9. The molecule has 3 rings (SSSR count). The van der Waals surface area contributed by atoms with Gasteiger partial charge in [-0.25, -0.2) is 8.42 Å². The molecule has 1 aliphatic heterocycles. The number of ether oxygens (including phenoxy) is 1. The van der Waals surface area contributed by atoms with Crippen LogP contribution in [0.4, 0.5) is 0 Å². The van der Waals surface area contributed by atoms with Gasteiger partial charge in [0.2, 0.25) is 0 Å². The Bertz CT molecular complexity index is 1140. The number of aliphatic carboxylic acids is 1. The maximum Gasteiger partial charge on any atom is 0.325 e. The van der Waals surface area contributed by atoms with Gasteiger partial charge >= 0.3 is 5.97 Å². The molecule has 35 heavy (non-hydrogen) atoms. The summed E-state index contributed by atoms with van der Waals surface area (Å²) in [6.45, 7) is 3.80. The van der Waals surface area contributed by atoms with Crippen molar-refractivity contribution >= 4 is 31.7 Å². The van der Waals surface area contributed by atoms with Crippen molar-refractivity contribution in [2.45, 2.75) is 61.6 Å². The van der Waals surface area contributed by atoms with Crippen molar-refractivity contribution in [1.82, 2.24) is 4.90 Å². The van der Waals surface area contributed by atoms with Gasteiger partial charge in [0.1, 0.15) is 12.4 Å². The molecule has 1 fully saturated rings. The maximum atomic E-state index is 13.5. The Balaban J connectivity index is 1.64. The van der Waals surface area contributed by atoms with E-state index < -0.39 is 20.6 Å². The van der Waals surface area contributed by atoms with Gasteiger partial charge in [0.05, 0.1) is 4.90 Å². The van der Waals surface area contributed by atoms with Crippen LogP contribution in [0.5, 0.6) is 5.75 Å². The van der Waals surface area contributed by atoms with Crippen molar-refractivity contribution in [1.29, 1.82) is 0 Å². The Morgan fingerprint density at radius 3 is 2.31 bits per heavy atom. The van der Waals surface area contributed by atoms with Crippen LogP contribution in [0.3, 0.4) is 0 Å². The zero-order valence-corrected chi connectivity index (χ0v) is 22.4. The van der Waals surface area contributed by atoms with Crippen LogP contribution >= 0.6 is 15.9 Å². The molecule has 2 aromatic carbocycles. The molecule has 1 N–H and O–H groups in total. The van der Waals surface area contributed by atoms with Crippen molar-refractivity contribution in [2.24, 2.45) is 0 Å². The number of rotatable bonds is 10.